The largest absolute Gasteiger partial charge is 0.448 e. The molecule has 0 radical (unpaired) electrons. The van der Waals surface area contributed by atoms with E-state index >= 15 is 0 Å². The SMILES string of the molecule is O=C(Cn1cnc2c(oc3ccccc32)c1=O)Nc1nc(-c2ccccc2OC(F)F)cs1. The van der Waals surface area contributed by atoms with Gasteiger partial charge in [-0.05, 0) is 24.3 Å². The number of alkyl halides is 2. The fourth-order valence-electron chi connectivity index (χ4n) is 3.37. The zero-order valence-electron chi connectivity index (χ0n) is 16.7. The number of benzene rings is 2. The number of fused-ring (bicyclic) bond motifs is 3. The van der Waals surface area contributed by atoms with Crippen LogP contribution in [0.1, 0.15) is 0 Å². The molecule has 0 aliphatic carbocycles. The Kier molecular flexibility index (Phi) is 5.31. The minimum atomic E-state index is -2.97. The minimum absolute atomic E-state index is 0.0209. The van der Waals surface area contributed by atoms with Crippen LogP contribution in [0.4, 0.5) is 13.9 Å². The third kappa shape index (κ3) is 4.05. The van der Waals surface area contributed by atoms with E-state index in [0.717, 1.165) is 15.9 Å². The van der Waals surface area contributed by atoms with Crippen LogP contribution in [0.5, 0.6) is 5.75 Å². The first-order valence-electron chi connectivity index (χ1n) is 9.66. The Morgan fingerprint density at radius 1 is 1.18 bits per heavy atom. The summed E-state index contributed by atoms with van der Waals surface area (Å²) >= 11 is 1.11. The van der Waals surface area contributed by atoms with Crippen LogP contribution in [0.3, 0.4) is 0 Å². The monoisotopic (exact) mass is 468 g/mol. The Hall–Kier alpha value is -4.12. The number of carbonyl (C=O) groups is 1. The van der Waals surface area contributed by atoms with Crippen molar-refractivity contribution in [2.75, 3.05) is 5.32 Å². The number of para-hydroxylation sites is 2. The van der Waals surface area contributed by atoms with Crippen molar-refractivity contribution < 1.29 is 22.7 Å². The number of amides is 1. The Balaban J connectivity index is 1.35. The van der Waals surface area contributed by atoms with Crippen LogP contribution < -0.4 is 15.6 Å². The first-order valence-corrected chi connectivity index (χ1v) is 10.5. The summed E-state index contributed by atoms with van der Waals surface area (Å²) in [5.74, 6) is -0.528. The lowest BCUT2D eigenvalue weighted by Crippen LogP contribution is -2.27. The average Bonchev–Trinajstić information content (AvgIpc) is 3.41. The third-order valence-electron chi connectivity index (χ3n) is 4.79. The molecule has 1 amide bonds. The van der Waals surface area contributed by atoms with Gasteiger partial charge in [-0.2, -0.15) is 8.78 Å². The van der Waals surface area contributed by atoms with E-state index in [0.29, 0.717) is 27.7 Å². The highest BCUT2D eigenvalue weighted by Crippen LogP contribution is 2.33. The Bertz CT molecular complexity index is 1540. The maximum absolute atomic E-state index is 12.8. The number of hydrogen-bond acceptors (Lipinski definition) is 7. The normalized spacial score (nSPS) is 11.4. The molecule has 0 fully saturated rings. The fourth-order valence-corrected chi connectivity index (χ4v) is 4.10. The second-order valence-electron chi connectivity index (χ2n) is 6.91. The summed E-state index contributed by atoms with van der Waals surface area (Å²) in [4.78, 5) is 33.8. The molecule has 2 aromatic carbocycles. The lowest BCUT2D eigenvalue weighted by Gasteiger charge is -2.08. The summed E-state index contributed by atoms with van der Waals surface area (Å²) in [6.45, 7) is -3.28. The van der Waals surface area contributed by atoms with E-state index in [1.807, 2.05) is 6.07 Å². The second-order valence-corrected chi connectivity index (χ2v) is 7.77. The van der Waals surface area contributed by atoms with Gasteiger partial charge in [-0.15, -0.1) is 11.3 Å². The van der Waals surface area contributed by atoms with Gasteiger partial charge in [-0.3, -0.25) is 14.2 Å². The molecule has 3 aromatic heterocycles. The fraction of sp³-hybridized carbons (Fsp3) is 0.0909. The van der Waals surface area contributed by atoms with Crippen LogP contribution in [0.15, 0.2) is 69.5 Å². The second kappa shape index (κ2) is 8.43. The van der Waals surface area contributed by atoms with Gasteiger partial charge in [-0.1, -0.05) is 24.3 Å². The molecule has 33 heavy (non-hydrogen) atoms. The van der Waals surface area contributed by atoms with Crippen molar-refractivity contribution in [3.8, 4) is 17.0 Å². The van der Waals surface area contributed by atoms with Crippen molar-refractivity contribution in [3.63, 3.8) is 0 Å². The van der Waals surface area contributed by atoms with Gasteiger partial charge >= 0.3 is 6.61 Å². The summed E-state index contributed by atoms with van der Waals surface area (Å²) in [7, 11) is 0. The summed E-state index contributed by atoms with van der Waals surface area (Å²) in [6.07, 6.45) is 1.29. The standard InChI is InChI=1S/C22H14F2N4O4S/c23-21(24)32-15-7-3-1-5-12(15)14-10-33-22(26-14)27-17(29)9-28-11-25-18-13-6-2-4-8-16(13)31-19(18)20(28)30/h1-8,10-11,21H,9H2,(H,26,27,29). The van der Waals surface area contributed by atoms with Gasteiger partial charge in [0.15, 0.2) is 5.13 Å². The molecule has 0 aliphatic rings. The number of anilines is 1. The number of nitrogens with zero attached hydrogens (tertiary/aromatic N) is 3. The number of aromatic nitrogens is 3. The van der Waals surface area contributed by atoms with Crippen molar-refractivity contribution in [1.29, 1.82) is 0 Å². The van der Waals surface area contributed by atoms with E-state index in [-0.39, 0.29) is 23.0 Å². The van der Waals surface area contributed by atoms with Crippen LogP contribution in [0.25, 0.3) is 33.3 Å². The zero-order valence-corrected chi connectivity index (χ0v) is 17.5. The number of carbonyl (C=O) groups excluding carboxylic acids is 1. The number of rotatable bonds is 6. The van der Waals surface area contributed by atoms with E-state index in [1.165, 1.54) is 12.4 Å². The van der Waals surface area contributed by atoms with Gasteiger partial charge in [0.2, 0.25) is 11.5 Å². The Morgan fingerprint density at radius 3 is 2.82 bits per heavy atom. The Labute approximate surface area is 188 Å². The summed E-state index contributed by atoms with van der Waals surface area (Å²) in [6, 6.07) is 13.4. The number of nitrogens with one attached hydrogen (secondary N) is 1. The Morgan fingerprint density at radius 2 is 1.97 bits per heavy atom. The molecule has 0 saturated carbocycles. The molecule has 11 heteroatoms. The van der Waals surface area contributed by atoms with Crippen LogP contribution >= 0.6 is 11.3 Å². The zero-order chi connectivity index (χ0) is 22.9. The van der Waals surface area contributed by atoms with Crippen LogP contribution in [-0.4, -0.2) is 27.1 Å². The molecule has 8 nitrogen and oxygen atoms in total. The molecule has 0 atom stereocenters. The number of ether oxygens (including phenoxy) is 1. The maximum atomic E-state index is 12.8. The summed E-state index contributed by atoms with van der Waals surface area (Å²) in [5.41, 5.74) is 1.29. The van der Waals surface area contributed by atoms with E-state index in [4.69, 9.17) is 4.42 Å². The smallest absolute Gasteiger partial charge is 0.387 e. The molecular weight excluding hydrogens is 454 g/mol. The number of thiazole rings is 1. The average molecular weight is 468 g/mol. The molecule has 3 heterocycles. The first kappa shape index (κ1) is 20.8. The number of halogens is 2. The van der Waals surface area contributed by atoms with E-state index in [9.17, 15) is 18.4 Å². The van der Waals surface area contributed by atoms with Crippen LogP contribution in [0, 0.1) is 0 Å². The maximum Gasteiger partial charge on any atom is 0.387 e. The van der Waals surface area contributed by atoms with Gasteiger partial charge in [0, 0.05) is 16.3 Å². The van der Waals surface area contributed by atoms with Gasteiger partial charge in [0.1, 0.15) is 23.4 Å². The van der Waals surface area contributed by atoms with Crippen LogP contribution in [-0.2, 0) is 11.3 Å². The molecule has 5 aromatic rings. The minimum Gasteiger partial charge on any atom is -0.448 e. The van der Waals surface area contributed by atoms with Crippen molar-refractivity contribution in [3.05, 3.63) is 70.6 Å². The number of hydrogen-bond donors (Lipinski definition) is 1. The van der Waals surface area contributed by atoms with Crippen molar-refractivity contribution in [2.45, 2.75) is 13.2 Å². The van der Waals surface area contributed by atoms with Crippen LogP contribution in [0.2, 0.25) is 0 Å². The van der Waals surface area contributed by atoms with Gasteiger partial charge < -0.3 is 14.5 Å². The molecule has 0 bridgehead atoms. The lowest BCUT2D eigenvalue weighted by atomic mass is 10.1. The molecule has 5 rings (SSSR count). The molecule has 166 valence electrons. The van der Waals surface area contributed by atoms with Crippen molar-refractivity contribution >= 4 is 44.4 Å². The number of furan rings is 1. The highest BCUT2D eigenvalue weighted by molar-refractivity contribution is 7.14. The van der Waals surface area contributed by atoms with Gasteiger partial charge in [-0.25, -0.2) is 9.97 Å². The van der Waals surface area contributed by atoms with E-state index in [1.54, 1.807) is 41.8 Å². The topological polar surface area (TPSA) is 99.2 Å². The van der Waals surface area contributed by atoms with Gasteiger partial charge in [0.05, 0.1) is 12.0 Å². The highest BCUT2D eigenvalue weighted by atomic mass is 32.1. The molecule has 1 N–H and O–H groups in total. The molecule has 0 spiro atoms. The quantitative estimate of drug-likeness (QED) is 0.394. The predicted molar refractivity (Wildman–Crippen MR) is 119 cm³/mol. The molecule has 0 saturated heterocycles. The van der Waals surface area contributed by atoms with Crippen molar-refractivity contribution in [2.24, 2.45) is 0 Å². The molecule has 0 unspecified atom stereocenters. The van der Waals surface area contributed by atoms with Gasteiger partial charge in [0.25, 0.3) is 5.56 Å². The van der Waals surface area contributed by atoms with Crippen molar-refractivity contribution in [1.82, 2.24) is 14.5 Å². The predicted octanol–water partition coefficient (Wildman–Crippen LogP) is 4.51. The summed E-state index contributed by atoms with van der Waals surface area (Å²) in [5, 5.41) is 5.17. The van der Waals surface area contributed by atoms with E-state index < -0.39 is 18.1 Å². The molecular formula is C22H14F2N4O4S. The summed E-state index contributed by atoms with van der Waals surface area (Å²) < 4.78 is 36.6. The first-order chi connectivity index (χ1) is 16.0. The third-order valence-corrected chi connectivity index (χ3v) is 5.55. The molecule has 0 aliphatic heterocycles. The highest BCUT2D eigenvalue weighted by Gasteiger charge is 2.17. The lowest BCUT2D eigenvalue weighted by molar-refractivity contribution is -0.116. The van der Waals surface area contributed by atoms with E-state index in [2.05, 4.69) is 20.0 Å².